The van der Waals surface area contributed by atoms with E-state index in [1.807, 2.05) is 36.4 Å². The lowest BCUT2D eigenvalue weighted by molar-refractivity contribution is -0.141. The molecule has 0 aromatic heterocycles. The minimum atomic E-state index is -1.35. The predicted molar refractivity (Wildman–Crippen MR) is 94.5 cm³/mol. The average molecular weight is 349 g/mol. The van der Waals surface area contributed by atoms with Crippen molar-refractivity contribution in [3.05, 3.63) is 71.8 Å². The third-order valence-electron chi connectivity index (χ3n) is 5.13. The summed E-state index contributed by atoms with van der Waals surface area (Å²) < 4.78 is 0. The lowest BCUT2D eigenvalue weighted by Gasteiger charge is -2.29. The Morgan fingerprint density at radius 1 is 0.962 bits per heavy atom. The Kier molecular flexibility index (Phi) is 3.95. The van der Waals surface area contributed by atoms with Crippen LogP contribution in [0.2, 0.25) is 0 Å². The van der Waals surface area contributed by atoms with Gasteiger partial charge in [0.25, 0.3) is 5.91 Å². The van der Waals surface area contributed by atoms with Gasteiger partial charge in [0.05, 0.1) is 0 Å². The zero-order valence-corrected chi connectivity index (χ0v) is 14.1. The number of amides is 4. The third-order valence-corrected chi connectivity index (χ3v) is 5.13. The molecule has 0 unspecified atom stereocenters. The van der Waals surface area contributed by atoms with Gasteiger partial charge >= 0.3 is 6.03 Å². The van der Waals surface area contributed by atoms with E-state index in [1.54, 1.807) is 24.3 Å². The third kappa shape index (κ3) is 2.45. The Morgan fingerprint density at radius 2 is 1.50 bits per heavy atom. The van der Waals surface area contributed by atoms with E-state index >= 15 is 0 Å². The first kappa shape index (κ1) is 16.3. The first-order valence-electron chi connectivity index (χ1n) is 8.71. The maximum absolute atomic E-state index is 13.3. The van der Waals surface area contributed by atoms with Gasteiger partial charge in [-0.15, -0.1) is 0 Å². The summed E-state index contributed by atoms with van der Waals surface area (Å²) >= 11 is 0. The fourth-order valence-corrected chi connectivity index (χ4v) is 3.44. The van der Waals surface area contributed by atoms with E-state index in [-0.39, 0.29) is 11.8 Å². The van der Waals surface area contributed by atoms with Crippen LogP contribution in [0.25, 0.3) is 0 Å². The summed E-state index contributed by atoms with van der Waals surface area (Å²) in [6, 6.07) is 17.5. The lowest BCUT2D eigenvalue weighted by Crippen LogP contribution is -2.51. The van der Waals surface area contributed by atoms with Crippen LogP contribution in [0, 0.1) is 5.92 Å². The summed E-state index contributed by atoms with van der Waals surface area (Å²) in [5.41, 5.74) is 2.44. The second-order valence-electron chi connectivity index (χ2n) is 6.66. The molecule has 1 aliphatic carbocycles. The molecule has 4 rings (SSSR count). The molecule has 2 aromatic carbocycles. The number of rotatable bonds is 4. The van der Waals surface area contributed by atoms with Crippen LogP contribution in [0.1, 0.15) is 30.4 Å². The summed E-state index contributed by atoms with van der Waals surface area (Å²) in [6.45, 7) is 0. The second-order valence-corrected chi connectivity index (χ2v) is 6.66. The van der Waals surface area contributed by atoms with Crippen molar-refractivity contribution in [1.29, 1.82) is 0 Å². The largest absolute Gasteiger partial charge is 0.344 e. The Balaban J connectivity index is 1.74. The number of benzene rings is 2. The molecule has 2 aliphatic rings. The van der Waals surface area contributed by atoms with Crippen molar-refractivity contribution in [3.8, 4) is 0 Å². The molecular weight excluding hydrogens is 330 g/mol. The van der Waals surface area contributed by atoms with Gasteiger partial charge in [-0.25, -0.2) is 4.79 Å². The molecule has 1 aliphatic heterocycles. The average Bonchev–Trinajstić information content (AvgIpc) is 2.87. The number of urea groups is 1. The molecule has 2 fully saturated rings. The van der Waals surface area contributed by atoms with Crippen LogP contribution in [0.4, 0.5) is 4.79 Å². The Bertz CT molecular complexity index is 808. The molecule has 0 spiro atoms. The maximum Gasteiger partial charge on any atom is 0.344 e. The van der Waals surface area contributed by atoms with Gasteiger partial charge in [0, 0.05) is 5.92 Å². The molecule has 0 bridgehead atoms. The molecule has 132 valence electrons. The van der Waals surface area contributed by atoms with Crippen LogP contribution in [-0.4, -0.2) is 22.9 Å². The van der Waals surface area contributed by atoms with Gasteiger partial charge in [-0.2, -0.15) is 5.01 Å². The van der Waals surface area contributed by atoms with Crippen molar-refractivity contribution in [3.63, 3.8) is 0 Å². The van der Waals surface area contributed by atoms with E-state index in [2.05, 4.69) is 10.7 Å². The molecule has 26 heavy (non-hydrogen) atoms. The monoisotopic (exact) mass is 349 g/mol. The highest BCUT2D eigenvalue weighted by Gasteiger charge is 2.54. The van der Waals surface area contributed by atoms with E-state index in [4.69, 9.17) is 0 Å². The minimum absolute atomic E-state index is 0.126. The topological polar surface area (TPSA) is 78.5 Å². The highest BCUT2D eigenvalue weighted by molar-refractivity contribution is 6.10. The molecule has 1 saturated carbocycles. The summed E-state index contributed by atoms with van der Waals surface area (Å²) in [5.74, 6) is -0.914. The summed E-state index contributed by atoms with van der Waals surface area (Å²) in [6.07, 6.45) is 2.58. The van der Waals surface area contributed by atoms with E-state index in [0.29, 0.717) is 11.1 Å². The fourth-order valence-electron chi connectivity index (χ4n) is 3.44. The van der Waals surface area contributed by atoms with Gasteiger partial charge in [-0.05, 0) is 24.0 Å². The van der Waals surface area contributed by atoms with Gasteiger partial charge in [-0.1, -0.05) is 67.1 Å². The molecular formula is C20H19N3O3. The van der Waals surface area contributed by atoms with Crippen molar-refractivity contribution in [1.82, 2.24) is 15.8 Å². The molecule has 2 N–H and O–H groups in total. The standard InChI is InChI=1S/C20H19N3O3/c24-17(14-8-7-9-14)22-23-18(25)20(21-19(23)26,15-10-3-1-4-11-15)16-12-5-2-6-13-16/h1-6,10-14H,7-9H2,(H,21,26)(H,22,24). The van der Waals surface area contributed by atoms with Gasteiger partial charge < -0.3 is 5.32 Å². The van der Waals surface area contributed by atoms with Crippen LogP contribution in [0.3, 0.4) is 0 Å². The van der Waals surface area contributed by atoms with Gasteiger partial charge in [0.15, 0.2) is 5.54 Å². The number of nitrogens with zero attached hydrogens (tertiary/aromatic N) is 1. The van der Waals surface area contributed by atoms with Crippen molar-refractivity contribution in [2.24, 2.45) is 5.92 Å². The second kappa shape index (κ2) is 6.29. The van der Waals surface area contributed by atoms with Crippen LogP contribution in [-0.2, 0) is 15.1 Å². The maximum atomic E-state index is 13.3. The quantitative estimate of drug-likeness (QED) is 0.832. The number of hydrogen-bond donors (Lipinski definition) is 2. The van der Waals surface area contributed by atoms with E-state index in [9.17, 15) is 14.4 Å². The minimum Gasteiger partial charge on any atom is -0.314 e. The first-order valence-corrected chi connectivity index (χ1v) is 8.71. The molecule has 1 saturated heterocycles. The van der Waals surface area contributed by atoms with E-state index in [1.165, 1.54) is 0 Å². The Morgan fingerprint density at radius 3 is 1.96 bits per heavy atom. The SMILES string of the molecule is O=C(NN1C(=O)NC(c2ccccc2)(c2ccccc2)C1=O)C1CCC1. The fraction of sp³-hybridized carbons (Fsp3) is 0.250. The molecule has 0 radical (unpaired) electrons. The highest BCUT2D eigenvalue weighted by atomic mass is 16.2. The smallest absolute Gasteiger partial charge is 0.314 e. The molecule has 4 amide bonds. The van der Waals surface area contributed by atoms with E-state index in [0.717, 1.165) is 24.3 Å². The molecule has 6 nitrogen and oxygen atoms in total. The number of imide groups is 1. The van der Waals surface area contributed by atoms with Crippen molar-refractivity contribution in [2.45, 2.75) is 24.8 Å². The number of carbonyl (C=O) groups is 3. The van der Waals surface area contributed by atoms with Crippen LogP contribution in [0.15, 0.2) is 60.7 Å². The number of nitrogens with one attached hydrogen (secondary N) is 2. The van der Waals surface area contributed by atoms with Crippen LogP contribution in [0.5, 0.6) is 0 Å². The zero-order valence-electron chi connectivity index (χ0n) is 14.1. The van der Waals surface area contributed by atoms with Gasteiger partial charge in [0.2, 0.25) is 5.91 Å². The Hall–Kier alpha value is -3.15. The zero-order chi connectivity index (χ0) is 18.1. The number of hydrazine groups is 1. The van der Waals surface area contributed by atoms with Crippen LogP contribution >= 0.6 is 0 Å². The van der Waals surface area contributed by atoms with Crippen molar-refractivity contribution in [2.75, 3.05) is 0 Å². The van der Waals surface area contributed by atoms with E-state index < -0.39 is 17.5 Å². The number of hydrogen-bond acceptors (Lipinski definition) is 3. The van der Waals surface area contributed by atoms with Crippen LogP contribution < -0.4 is 10.7 Å². The molecule has 1 heterocycles. The van der Waals surface area contributed by atoms with Crippen molar-refractivity contribution < 1.29 is 14.4 Å². The predicted octanol–water partition coefficient (Wildman–Crippen LogP) is 2.31. The van der Waals surface area contributed by atoms with Gasteiger partial charge in [-0.3, -0.25) is 15.0 Å². The molecule has 0 atom stereocenters. The first-order chi connectivity index (χ1) is 12.6. The highest BCUT2D eigenvalue weighted by Crippen LogP contribution is 2.35. The normalized spacial score (nSPS) is 19.0. The molecule has 2 aromatic rings. The van der Waals surface area contributed by atoms with Crippen molar-refractivity contribution >= 4 is 17.8 Å². The summed E-state index contributed by atoms with van der Waals surface area (Å²) in [5, 5.41) is 3.62. The number of carbonyl (C=O) groups excluding carboxylic acids is 3. The molecule has 6 heteroatoms. The van der Waals surface area contributed by atoms with Gasteiger partial charge in [0.1, 0.15) is 0 Å². The Labute approximate surface area is 151 Å². The summed E-state index contributed by atoms with van der Waals surface area (Å²) in [4.78, 5) is 38.2. The summed E-state index contributed by atoms with van der Waals surface area (Å²) in [7, 11) is 0. The lowest BCUT2D eigenvalue weighted by atomic mass is 9.83.